The van der Waals surface area contributed by atoms with Crippen molar-refractivity contribution in [3.8, 4) is 11.5 Å². The lowest BCUT2D eigenvalue weighted by Crippen LogP contribution is -2.18. The predicted octanol–water partition coefficient (Wildman–Crippen LogP) is 0.639. The first-order chi connectivity index (χ1) is 8.61. The highest BCUT2D eigenvalue weighted by Gasteiger charge is 2.15. The van der Waals surface area contributed by atoms with Crippen LogP contribution in [0.25, 0.3) is 0 Å². The molecule has 1 aliphatic rings. The normalized spacial score (nSPS) is 12.5. The van der Waals surface area contributed by atoms with Crippen LogP contribution < -0.4 is 10.1 Å². The van der Waals surface area contributed by atoms with Gasteiger partial charge in [0.1, 0.15) is 18.3 Å². The lowest BCUT2D eigenvalue weighted by molar-refractivity contribution is -0.124. The molecule has 1 aromatic carbocycles. The maximum Gasteiger partial charge on any atom is 0.227 e. The summed E-state index contributed by atoms with van der Waals surface area (Å²) in [6, 6.07) is 6.57. The van der Waals surface area contributed by atoms with Gasteiger partial charge in [-0.05, 0) is 24.3 Å². The van der Waals surface area contributed by atoms with Crippen LogP contribution in [0.1, 0.15) is 12.8 Å². The molecule has 0 bridgehead atoms. The lowest BCUT2D eigenvalue weighted by Gasteiger charge is -1.96. The molecular weight excluding hydrogens is 238 g/mol. The molecule has 2 amide bonds. The second-order valence-electron chi connectivity index (χ2n) is 3.17. The summed E-state index contributed by atoms with van der Waals surface area (Å²) in [7, 11) is 1.59. The van der Waals surface area contributed by atoms with E-state index in [1.165, 1.54) is 0 Å². The van der Waals surface area contributed by atoms with Gasteiger partial charge in [0, 0.05) is 12.8 Å². The number of aromatic hydroxyl groups is 1. The minimum Gasteiger partial charge on any atom is -0.508 e. The summed E-state index contributed by atoms with van der Waals surface area (Å²) >= 11 is 0. The van der Waals surface area contributed by atoms with E-state index in [-0.39, 0.29) is 17.6 Å². The summed E-state index contributed by atoms with van der Waals surface area (Å²) in [4.78, 5) is 28.2. The van der Waals surface area contributed by atoms with Crippen molar-refractivity contribution in [2.75, 3.05) is 7.11 Å². The first-order valence-corrected chi connectivity index (χ1v) is 5.06. The molecule has 1 saturated heterocycles. The largest absolute Gasteiger partial charge is 0.508 e. The number of hydrogen-bond donors (Lipinski definition) is 2. The van der Waals surface area contributed by atoms with Crippen LogP contribution in [0, 0.1) is 0 Å². The van der Waals surface area contributed by atoms with Crippen LogP contribution in [0.15, 0.2) is 24.3 Å². The molecule has 0 atom stereocenters. The van der Waals surface area contributed by atoms with E-state index in [4.69, 9.17) is 14.6 Å². The number of hydrogen-bond acceptors (Lipinski definition) is 5. The number of carbonyl (C=O) groups excluding carboxylic acids is 3. The number of benzene rings is 1. The van der Waals surface area contributed by atoms with Gasteiger partial charge in [0.25, 0.3) is 0 Å². The molecule has 0 spiro atoms. The van der Waals surface area contributed by atoms with Gasteiger partial charge in [-0.15, -0.1) is 0 Å². The Morgan fingerprint density at radius 3 is 1.83 bits per heavy atom. The zero-order valence-corrected chi connectivity index (χ0v) is 10.0. The molecule has 2 rings (SSSR count). The molecule has 0 aliphatic carbocycles. The number of ether oxygens (including phenoxy) is 1. The molecular formula is C12H15NO5. The minimum atomic E-state index is -0.148. The van der Waals surface area contributed by atoms with Crippen LogP contribution in [0.3, 0.4) is 0 Å². The summed E-state index contributed by atoms with van der Waals surface area (Å²) < 4.78 is 4.86. The quantitative estimate of drug-likeness (QED) is 0.716. The first-order valence-electron chi connectivity index (χ1n) is 5.06. The molecule has 0 unspecified atom stereocenters. The first kappa shape index (κ1) is 15.6. The van der Waals surface area contributed by atoms with Gasteiger partial charge >= 0.3 is 0 Å². The van der Waals surface area contributed by atoms with Gasteiger partial charge in [0.2, 0.25) is 11.8 Å². The minimum absolute atomic E-state index is 0.148. The van der Waals surface area contributed by atoms with E-state index in [2.05, 4.69) is 5.32 Å². The number of phenolic OH excluding ortho intramolecular Hbond substituents is 1. The Balaban J connectivity index is 0.000000289. The Hall–Kier alpha value is -2.37. The molecule has 1 fully saturated rings. The molecule has 0 aromatic heterocycles. The zero-order chi connectivity index (χ0) is 14.0. The van der Waals surface area contributed by atoms with Gasteiger partial charge < -0.3 is 14.6 Å². The van der Waals surface area contributed by atoms with Gasteiger partial charge in [-0.25, -0.2) is 0 Å². The summed E-state index contributed by atoms with van der Waals surface area (Å²) in [6.45, 7) is 2.00. The van der Waals surface area contributed by atoms with Crippen molar-refractivity contribution >= 4 is 18.6 Å². The Morgan fingerprint density at radius 1 is 1.11 bits per heavy atom. The van der Waals surface area contributed by atoms with Crippen LogP contribution in [-0.2, 0) is 14.4 Å². The summed E-state index contributed by atoms with van der Waals surface area (Å²) in [5.41, 5.74) is 0. The predicted molar refractivity (Wildman–Crippen MR) is 64.2 cm³/mol. The second kappa shape index (κ2) is 8.74. The van der Waals surface area contributed by atoms with Crippen LogP contribution in [0.5, 0.6) is 11.5 Å². The Morgan fingerprint density at radius 2 is 1.56 bits per heavy atom. The monoisotopic (exact) mass is 253 g/mol. The number of amides is 2. The lowest BCUT2D eigenvalue weighted by atomic mass is 10.3. The molecule has 6 nitrogen and oxygen atoms in total. The average Bonchev–Trinajstić information content (AvgIpc) is 2.77. The molecule has 1 aromatic rings. The van der Waals surface area contributed by atoms with Gasteiger partial charge in [-0.2, -0.15) is 0 Å². The molecule has 1 heterocycles. The smallest absolute Gasteiger partial charge is 0.227 e. The second-order valence-corrected chi connectivity index (χ2v) is 3.17. The van der Waals surface area contributed by atoms with Crippen molar-refractivity contribution < 1.29 is 24.2 Å². The SMILES string of the molecule is C=O.COc1ccc(O)cc1.O=C1CCC(=O)N1. The van der Waals surface area contributed by atoms with Crippen LogP contribution in [0.4, 0.5) is 0 Å². The van der Waals surface area contributed by atoms with E-state index >= 15 is 0 Å². The van der Waals surface area contributed by atoms with Gasteiger partial charge in [0.05, 0.1) is 7.11 Å². The number of nitrogens with one attached hydrogen (secondary N) is 1. The fourth-order valence-corrected chi connectivity index (χ4v) is 1.09. The zero-order valence-electron chi connectivity index (χ0n) is 10.0. The molecule has 0 radical (unpaired) electrons. The van der Waals surface area contributed by atoms with Crippen molar-refractivity contribution in [2.45, 2.75) is 12.8 Å². The average molecular weight is 253 g/mol. The molecule has 6 heteroatoms. The van der Waals surface area contributed by atoms with Crippen LogP contribution in [-0.4, -0.2) is 30.8 Å². The van der Waals surface area contributed by atoms with Crippen molar-refractivity contribution in [1.82, 2.24) is 5.32 Å². The maximum absolute atomic E-state index is 10.1. The van der Waals surface area contributed by atoms with E-state index in [0.29, 0.717) is 12.8 Å². The van der Waals surface area contributed by atoms with E-state index in [0.717, 1.165) is 5.75 Å². The van der Waals surface area contributed by atoms with Crippen molar-refractivity contribution in [3.63, 3.8) is 0 Å². The number of methoxy groups -OCH3 is 1. The molecule has 2 N–H and O–H groups in total. The Labute approximate surface area is 105 Å². The summed E-state index contributed by atoms with van der Waals surface area (Å²) in [5.74, 6) is 0.721. The maximum atomic E-state index is 10.1. The number of imide groups is 1. The number of carbonyl (C=O) groups is 3. The third kappa shape index (κ3) is 6.26. The molecule has 18 heavy (non-hydrogen) atoms. The highest BCUT2D eigenvalue weighted by molar-refractivity contribution is 6.01. The summed E-state index contributed by atoms with van der Waals surface area (Å²) in [5, 5.41) is 10.9. The van der Waals surface area contributed by atoms with Crippen LogP contribution in [0.2, 0.25) is 0 Å². The van der Waals surface area contributed by atoms with Crippen molar-refractivity contribution in [2.24, 2.45) is 0 Å². The van der Waals surface area contributed by atoms with Crippen LogP contribution >= 0.6 is 0 Å². The highest BCUT2D eigenvalue weighted by atomic mass is 16.5. The molecule has 1 aliphatic heterocycles. The summed E-state index contributed by atoms with van der Waals surface area (Å²) in [6.07, 6.45) is 0.748. The van der Waals surface area contributed by atoms with Gasteiger partial charge in [0.15, 0.2) is 0 Å². The fourth-order valence-electron chi connectivity index (χ4n) is 1.09. The van der Waals surface area contributed by atoms with E-state index in [1.807, 2.05) is 6.79 Å². The van der Waals surface area contributed by atoms with E-state index < -0.39 is 0 Å². The Kier molecular flexibility index (Phi) is 7.59. The molecule has 0 saturated carbocycles. The fraction of sp³-hybridized carbons (Fsp3) is 0.250. The van der Waals surface area contributed by atoms with Gasteiger partial charge in [-0.1, -0.05) is 0 Å². The number of rotatable bonds is 1. The van der Waals surface area contributed by atoms with Crippen molar-refractivity contribution in [1.29, 1.82) is 0 Å². The standard InChI is InChI=1S/C7H8O2.C4H5NO2.CH2O/c1-9-7-4-2-6(8)3-5-7;6-3-1-2-4(7)5-3;1-2/h2-5,8H,1H3;1-2H2,(H,5,6,7);1H2. The topological polar surface area (TPSA) is 92.7 Å². The van der Waals surface area contributed by atoms with Gasteiger partial charge in [-0.3, -0.25) is 14.9 Å². The third-order valence-corrected chi connectivity index (χ3v) is 1.93. The number of phenols is 1. The molecule has 98 valence electrons. The van der Waals surface area contributed by atoms with E-state index in [1.54, 1.807) is 31.4 Å². The highest BCUT2D eigenvalue weighted by Crippen LogP contribution is 2.14. The van der Waals surface area contributed by atoms with Crippen molar-refractivity contribution in [3.05, 3.63) is 24.3 Å². The Bertz CT molecular complexity index is 374. The van der Waals surface area contributed by atoms with E-state index in [9.17, 15) is 9.59 Å². The third-order valence-electron chi connectivity index (χ3n) is 1.93.